The summed E-state index contributed by atoms with van der Waals surface area (Å²) in [7, 11) is 0. The third kappa shape index (κ3) is 11.6. The van der Waals surface area contributed by atoms with Gasteiger partial charge in [0, 0.05) is 0 Å². The van der Waals surface area contributed by atoms with Crippen LogP contribution in [-0.2, 0) is 0 Å². The molecule has 0 aliphatic carbocycles. The zero-order chi connectivity index (χ0) is 18.9. The lowest BCUT2D eigenvalue weighted by atomic mass is 9.88. The quantitative estimate of drug-likeness (QED) is 0.275. The Morgan fingerprint density at radius 1 is 0.654 bits per heavy atom. The Labute approximate surface area is 163 Å². The lowest BCUT2D eigenvalue weighted by molar-refractivity contribution is 0.468. The Morgan fingerprint density at radius 2 is 1.15 bits per heavy atom. The van der Waals surface area contributed by atoms with E-state index in [9.17, 15) is 5.11 Å². The molecule has 26 heavy (non-hydrogen) atoms. The minimum Gasteiger partial charge on any atom is -0.508 e. The number of phenols is 1. The van der Waals surface area contributed by atoms with Gasteiger partial charge in [0.25, 0.3) is 0 Å². The van der Waals surface area contributed by atoms with Crippen LogP contribution in [0, 0.1) is 0 Å². The van der Waals surface area contributed by atoms with E-state index >= 15 is 0 Å². The summed E-state index contributed by atoms with van der Waals surface area (Å²) in [5.41, 5.74) is 1.33. The Kier molecular flexibility index (Phi) is 14.4. The maximum Gasteiger partial charge on any atom is 0.115 e. The molecule has 0 aliphatic rings. The first-order valence-electron chi connectivity index (χ1n) is 11.6. The molecule has 1 nitrogen and oxygen atoms in total. The lowest BCUT2D eigenvalue weighted by Crippen LogP contribution is -1.99. The Bertz CT molecular complexity index is 426. The van der Waals surface area contributed by atoms with Crippen LogP contribution in [0.3, 0.4) is 0 Å². The van der Waals surface area contributed by atoms with Crippen molar-refractivity contribution >= 4 is 0 Å². The first-order chi connectivity index (χ1) is 12.8. The van der Waals surface area contributed by atoms with Gasteiger partial charge in [0.15, 0.2) is 0 Å². The van der Waals surface area contributed by atoms with E-state index in [0.717, 1.165) is 0 Å². The number of hydrogen-bond donors (Lipinski definition) is 1. The van der Waals surface area contributed by atoms with Gasteiger partial charge in [-0.15, -0.1) is 0 Å². The van der Waals surface area contributed by atoms with E-state index in [4.69, 9.17) is 0 Å². The normalized spacial score (nSPS) is 12.4. The summed E-state index contributed by atoms with van der Waals surface area (Å²) >= 11 is 0. The fraction of sp³-hybridized carbons (Fsp3) is 0.760. The van der Waals surface area contributed by atoms with Crippen molar-refractivity contribution in [3.63, 3.8) is 0 Å². The van der Waals surface area contributed by atoms with E-state index in [1.807, 2.05) is 12.1 Å². The SMILES string of the molecule is CCCCCCCCCCCCCCC(CCCC)c1cccc(O)c1. The maximum absolute atomic E-state index is 9.76. The third-order valence-corrected chi connectivity index (χ3v) is 5.65. The minimum atomic E-state index is 0.415. The van der Waals surface area contributed by atoms with Crippen LogP contribution in [0.1, 0.15) is 128 Å². The van der Waals surface area contributed by atoms with Gasteiger partial charge in [-0.2, -0.15) is 0 Å². The van der Waals surface area contributed by atoms with Gasteiger partial charge in [0.1, 0.15) is 5.75 Å². The molecule has 0 spiro atoms. The first-order valence-corrected chi connectivity index (χ1v) is 11.6. The van der Waals surface area contributed by atoms with Crippen molar-refractivity contribution in [2.24, 2.45) is 0 Å². The Morgan fingerprint density at radius 3 is 1.69 bits per heavy atom. The van der Waals surface area contributed by atoms with Gasteiger partial charge in [0.05, 0.1) is 0 Å². The monoisotopic (exact) mass is 360 g/mol. The summed E-state index contributed by atoms with van der Waals surface area (Å²) in [4.78, 5) is 0. The molecule has 1 unspecified atom stereocenters. The highest BCUT2D eigenvalue weighted by atomic mass is 16.3. The van der Waals surface area contributed by atoms with Gasteiger partial charge in [0.2, 0.25) is 0 Å². The molecular formula is C25H44O. The van der Waals surface area contributed by atoms with Crippen molar-refractivity contribution in [3.05, 3.63) is 29.8 Å². The topological polar surface area (TPSA) is 20.2 Å². The molecule has 0 amide bonds. The molecule has 0 bridgehead atoms. The molecule has 1 heteroatoms. The van der Waals surface area contributed by atoms with Gasteiger partial charge in [-0.05, 0) is 36.5 Å². The molecule has 1 aromatic rings. The molecule has 1 atom stereocenters. The van der Waals surface area contributed by atoms with Crippen molar-refractivity contribution in [2.45, 2.75) is 122 Å². The highest BCUT2D eigenvalue weighted by molar-refractivity contribution is 5.29. The zero-order valence-corrected chi connectivity index (χ0v) is 17.6. The van der Waals surface area contributed by atoms with E-state index in [0.29, 0.717) is 11.7 Å². The second-order valence-electron chi connectivity index (χ2n) is 8.11. The minimum absolute atomic E-state index is 0.415. The van der Waals surface area contributed by atoms with Gasteiger partial charge in [-0.3, -0.25) is 0 Å². The number of hydrogen-bond acceptors (Lipinski definition) is 1. The molecule has 0 radical (unpaired) electrons. The molecule has 1 N–H and O–H groups in total. The standard InChI is InChI=1S/C25H44O/c1-3-5-7-8-9-10-11-12-13-14-15-16-19-23(18-6-4-2)24-20-17-21-25(26)22-24/h17,20-23,26H,3-16,18-19H2,1-2H3. The van der Waals surface area contributed by atoms with Crippen molar-refractivity contribution in [2.75, 3.05) is 0 Å². The van der Waals surface area contributed by atoms with Crippen molar-refractivity contribution in [1.29, 1.82) is 0 Å². The fourth-order valence-corrected chi connectivity index (χ4v) is 3.94. The van der Waals surface area contributed by atoms with Crippen LogP contribution in [-0.4, -0.2) is 5.11 Å². The second-order valence-corrected chi connectivity index (χ2v) is 8.11. The Balaban J connectivity index is 2.08. The molecular weight excluding hydrogens is 316 g/mol. The van der Waals surface area contributed by atoms with E-state index in [2.05, 4.69) is 19.9 Å². The van der Waals surface area contributed by atoms with Crippen LogP contribution in [0.15, 0.2) is 24.3 Å². The predicted octanol–water partition coefficient (Wildman–Crippen LogP) is 8.76. The smallest absolute Gasteiger partial charge is 0.115 e. The zero-order valence-electron chi connectivity index (χ0n) is 17.6. The van der Waals surface area contributed by atoms with E-state index in [-0.39, 0.29) is 0 Å². The average Bonchev–Trinajstić information content (AvgIpc) is 2.65. The van der Waals surface area contributed by atoms with Crippen LogP contribution in [0.5, 0.6) is 5.75 Å². The van der Waals surface area contributed by atoms with Crippen LogP contribution < -0.4 is 0 Å². The maximum atomic E-state index is 9.76. The van der Waals surface area contributed by atoms with Gasteiger partial charge < -0.3 is 5.11 Å². The van der Waals surface area contributed by atoms with Gasteiger partial charge in [-0.25, -0.2) is 0 Å². The third-order valence-electron chi connectivity index (χ3n) is 5.65. The summed E-state index contributed by atoms with van der Waals surface area (Å²) in [5.74, 6) is 1.05. The molecule has 0 aromatic heterocycles. The van der Waals surface area contributed by atoms with Crippen molar-refractivity contribution in [1.82, 2.24) is 0 Å². The molecule has 0 aliphatic heterocycles. The Hall–Kier alpha value is -0.980. The summed E-state index contributed by atoms with van der Waals surface area (Å²) < 4.78 is 0. The van der Waals surface area contributed by atoms with Crippen LogP contribution in [0.4, 0.5) is 0 Å². The molecule has 0 fully saturated rings. The highest BCUT2D eigenvalue weighted by Crippen LogP contribution is 2.30. The number of benzene rings is 1. The number of rotatable bonds is 17. The largest absolute Gasteiger partial charge is 0.508 e. The first kappa shape index (κ1) is 23.1. The molecule has 0 saturated carbocycles. The van der Waals surface area contributed by atoms with Gasteiger partial charge >= 0.3 is 0 Å². The lowest BCUT2D eigenvalue weighted by Gasteiger charge is -2.17. The predicted molar refractivity (Wildman–Crippen MR) is 116 cm³/mol. The molecule has 150 valence electrons. The molecule has 1 aromatic carbocycles. The van der Waals surface area contributed by atoms with Crippen molar-refractivity contribution < 1.29 is 5.11 Å². The van der Waals surface area contributed by atoms with E-state index in [1.165, 1.54) is 108 Å². The van der Waals surface area contributed by atoms with E-state index < -0.39 is 0 Å². The van der Waals surface area contributed by atoms with Crippen LogP contribution in [0.25, 0.3) is 0 Å². The van der Waals surface area contributed by atoms with Crippen LogP contribution >= 0.6 is 0 Å². The number of unbranched alkanes of at least 4 members (excludes halogenated alkanes) is 12. The van der Waals surface area contributed by atoms with Crippen LogP contribution in [0.2, 0.25) is 0 Å². The summed E-state index contributed by atoms with van der Waals surface area (Å²) in [6, 6.07) is 7.94. The summed E-state index contributed by atoms with van der Waals surface area (Å²) in [6.45, 7) is 4.55. The number of aromatic hydroxyl groups is 1. The summed E-state index contributed by atoms with van der Waals surface area (Å²) in [6.07, 6.45) is 22.0. The summed E-state index contributed by atoms with van der Waals surface area (Å²) in [5, 5.41) is 9.76. The van der Waals surface area contributed by atoms with Crippen molar-refractivity contribution in [3.8, 4) is 5.75 Å². The average molecular weight is 361 g/mol. The second kappa shape index (κ2) is 16.2. The van der Waals surface area contributed by atoms with Gasteiger partial charge in [-0.1, -0.05) is 116 Å². The molecule has 0 heterocycles. The number of phenolic OH excluding ortho intramolecular Hbond substituents is 1. The molecule has 0 saturated heterocycles. The fourth-order valence-electron chi connectivity index (χ4n) is 3.94. The molecule has 1 rings (SSSR count). The van der Waals surface area contributed by atoms with E-state index in [1.54, 1.807) is 6.07 Å². The highest BCUT2D eigenvalue weighted by Gasteiger charge is 2.11.